The molecule has 0 aromatic heterocycles. The molecule has 0 aliphatic heterocycles. The largest absolute Gasteiger partial charge is 0.0925 e. The van der Waals surface area contributed by atoms with Crippen molar-refractivity contribution < 1.29 is 0 Å². The highest BCUT2D eigenvalue weighted by molar-refractivity contribution is 5.52. The third-order valence-electron chi connectivity index (χ3n) is 10.3. The van der Waals surface area contributed by atoms with Crippen LogP contribution in [0.4, 0.5) is 0 Å². The van der Waals surface area contributed by atoms with Gasteiger partial charge in [0.1, 0.15) is 0 Å². The summed E-state index contributed by atoms with van der Waals surface area (Å²) in [6.07, 6.45) is 8.67. The first-order valence-corrected chi connectivity index (χ1v) is 24.3. The summed E-state index contributed by atoms with van der Waals surface area (Å²) in [5.41, 5.74) is 6.63. The standard InChI is InChI=1S/C60H6.2C11H12/c1-3-5-7-9-11-13-15-17-19-21-23-25-27-29-31-33-35-37-39-41-43-45-47-49-51-53-55-57-59-60-58-56-54-52-50-48-46-44-42-40-38-36-34-32-30-28-26-24-22-20-18-16-14-12-10-8-6-4-2;2*1-2-4-11-9-6-5-8(7-9)10(11)3-1/h1-2H3;2*1-4,8-9H,5-7H2. The fraction of sp³-hybridized carbons (Fsp3) is 0.146. The fourth-order valence-corrected chi connectivity index (χ4v) is 7.41. The maximum atomic E-state index is 2.63. The van der Waals surface area contributed by atoms with E-state index in [9.17, 15) is 0 Å². The van der Waals surface area contributed by atoms with Crippen LogP contribution in [-0.2, 0) is 0 Å². The predicted octanol–water partition coefficient (Wildman–Crippen LogP) is 7.23. The van der Waals surface area contributed by atoms with Gasteiger partial charge in [0.2, 0.25) is 0 Å². The van der Waals surface area contributed by atoms with Gasteiger partial charge < -0.3 is 0 Å². The smallest absolute Gasteiger partial charge is 0 e. The normalized spacial score (nSPS) is 11.6. The molecule has 0 heteroatoms. The molecule has 358 valence electrons. The summed E-state index contributed by atoms with van der Waals surface area (Å²) in [5.74, 6) is 149. The van der Waals surface area contributed by atoms with Gasteiger partial charge in [-0.1, -0.05) is 60.4 Å². The van der Waals surface area contributed by atoms with Crippen molar-refractivity contribution in [3.63, 3.8) is 0 Å². The van der Waals surface area contributed by atoms with Gasteiger partial charge in [0.25, 0.3) is 0 Å². The van der Waals surface area contributed by atoms with E-state index in [1.54, 1.807) is 36.1 Å². The number of hydrogen-bond acceptors (Lipinski definition) is 0. The first kappa shape index (κ1) is 60.2. The van der Waals surface area contributed by atoms with E-state index < -0.39 is 0 Å². The van der Waals surface area contributed by atoms with E-state index in [4.69, 9.17) is 0 Å². The van der Waals surface area contributed by atoms with Crippen LogP contribution in [0.5, 0.6) is 0 Å². The van der Waals surface area contributed by atoms with E-state index in [0.717, 1.165) is 23.7 Å². The van der Waals surface area contributed by atoms with Crippen LogP contribution in [0.2, 0.25) is 0 Å². The van der Waals surface area contributed by atoms with Crippen LogP contribution >= 0.6 is 0 Å². The first-order valence-electron chi connectivity index (χ1n) is 24.3. The van der Waals surface area contributed by atoms with Crippen molar-refractivity contribution in [3.8, 4) is 343 Å². The quantitative estimate of drug-likeness (QED) is 0.245. The molecule has 4 aliphatic rings. The predicted molar refractivity (Wildman–Crippen MR) is 328 cm³/mol. The molecule has 0 spiro atoms. The summed E-state index contributed by atoms with van der Waals surface area (Å²) in [6.45, 7) is 3.37. The molecule has 4 unspecified atom stereocenters. The van der Waals surface area contributed by atoms with Gasteiger partial charge in [-0.05, 0) is 193 Å². The van der Waals surface area contributed by atoms with Gasteiger partial charge in [-0.25, -0.2) is 0 Å². The van der Waals surface area contributed by atoms with Gasteiger partial charge >= 0.3 is 0 Å². The van der Waals surface area contributed by atoms with Crippen LogP contribution in [0.3, 0.4) is 0 Å². The minimum Gasteiger partial charge on any atom is -0.0925 e. The van der Waals surface area contributed by atoms with Crippen LogP contribution in [0.25, 0.3) is 0 Å². The molecule has 0 heterocycles. The Bertz CT molecular complexity index is 4550. The monoisotopic (exact) mass is 1010 g/mol. The number of fused-ring (bicyclic) bond motifs is 10. The molecule has 6 rings (SSSR count). The third kappa shape index (κ3) is 28.2. The molecule has 0 saturated heterocycles. The molecule has 2 fully saturated rings. The zero-order valence-corrected chi connectivity index (χ0v) is 44.2. The fourth-order valence-electron chi connectivity index (χ4n) is 7.41. The molecule has 4 bridgehead atoms. The van der Waals surface area contributed by atoms with Crippen LogP contribution in [0.1, 0.15) is 98.3 Å². The minimum atomic E-state index is 0.927. The zero-order valence-electron chi connectivity index (χ0n) is 44.2. The van der Waals surface area contributed by atoms with E-state index in [1.807, 2.05) is 0 Å². The molecule has 0 radical (unpaired) electrons. The Hall–Kier alpha value is -14.3. The van der Waals surface area contributed by atoms with Gasteiger partial charge in [0.05, 0.1) is 0 Å². The molecule has 82 heavy (non-hydrogen) atoms. The topological polar surface area (TPSA) is 0 Å². The van der Waals surface area contributed by atoms with Gasteiger partial charge in [0, 0.05) is 237 Å². The molecule has 2 saturated carbocycles. The molecule has 4 atom stereocenters. The highest BCUT2D eigenvalue weighted by atomic mass is 14.4. The van der Waals surface area contributed by atoms with E-state index in [0.29, 0.717) is 0 Å². The van der Waals surface area contributed by atoms with Crippen LogP contribution in [0.15, 0.2) is 48.5 Å². The summed E-state index contributed by atoms with van der Waals surface area (Å²) >= 11 is 0. The lowest BCUT2D eigenvalue weighted by Crippen LogP contribution is -1.95. The second-order valence-corrected chi connectivity index (χ2v) is 15.2. The van der Waals surface area contributed by atoms with Crippen molar-refractivity contribution in [1.82, 2.24) is 0 Å². The lowest BCUT2D eigenvalue weighted by atomic mass is 9.92. The summed E-state index contributed by atoms with van der Waals surface area (Å²) in [4.78, 5) is 0. The van der Waals surface area contributed by atoms with Crippen molar-refractivity contribution >= 4 is 0 Å². The molecule has 0 N–H and O–H groups in total. The van der Waals surface area contributed by atoms with Crippen LogP contribution < -0.4 is 0 Å². The minimum absolute atomic E-state index is 0.927. The second-order valence-electron chi connectivity index (χ2n) is 15.2. The SMILES string of the molecule is CC#CC#CC#CC#CC#CC#CC#CC#CC#CC#CC#CC#CC#CC#CC#CC#CC#CC#CC#CC#CC#CC#CC#CC#CC#CC#CC#CC#CC#CC.c1ccc2c(c1)C1CCC2C1.c1ccc2c(c1)C1CCC2C1. The van der Waals surface area contributed by atoms with Crippen molar-refractivity contribution in [3.05, 3.63) is 70.8 Å². The van der Waals surface area contributed by atoms with Crippen LogP contribution in [0, 0.1) is 343 Å². The Balaban J connectivity index is 0.000000518. The summed E-state index contributed by atoms with van der Waals surface area (Å²) in [7, 11) is 0. The Kier molecular flexibility index (Phi) is 31.7. The first-order chi connectivity index (χ1) is 40.8. The molecular formula is C82H30. The molecule has 2 aromatic rings. The summed E-state index contributed by atoms with van der Waals surface area (Å²) < 4.78 is 0. The molecule has 4 aliphatic carbocycles. The highest BCUT2D eigenvalue weighted by Crippen LogP contribution is 2.53. The van der Waals surface area contributed by atoms with Crippen molar-refractivity contribution in [2.24, 2.45) is 0 Å². The Morgan fingerprint density at radius 3 is 0.402 bits per heavy atom. The second kappa shape index (κ2) is 43.1. The number of hydrogen-bond donors (Lipinski definition) is 0. The number of rotatable bonds is 0. The average molecular weight is 1020 g/mol. The van der Waals surface area contributed by atoms with Crippen LogP contribution in [-0.4, -0.2) is 0 Å². The Morgan fingerprint density at radius 1 is 0.183 bits per heavy atom. The van der Waals surface area contributed by atoms with Gasteiger partial charge in [-0.15, -0.1) is 0 Å². The highest BCUT2D eigenvalue weighted by Gasteiger charge is 2.36. The maximum absolute atomic E-state index is 2.63. The molecule has 0 amide bonds. The zero-order chi connectivity index (χ0) is 57.5. The number of benzene rings is 2. The Labute approximate surface area is 487 Å². The van der Waals surface area contributed by atoms with E-state index in [-0.39, 0.29) is 0 Å². The van der Waals surface area contributed by atoms with E-state index in [1.165, 1.54) is 38.5 Å². The molecule has 2 aromatic carbocycles. The van der Waals surface area contributed by atoms with E-state index >= 15 is 0 Å². The molecular weight excluding hydrogens is 985 g/mol. The van der Waals surface area contributed by atoms with Gasteiger partial charge in [-0.3, -0.25) is 0 Å². The third-order valence-corrected chi connectivity index (χ3v) is 10.3. The van der Waals surface area contributed by atoms with E-state index in [2.05, 4.69) is 392 Å². The maximum Gasteiger partial charge on any atom is 0 e. The van der Waals surface area contributed by atoms with Crippen molar-refractivity contribution in [1.29, 1.82) is 0 Å². The lowest BCUT2D eigenvalue weighted by Gasteiger charge is -2.13. The lowest BCUT2D eigenvalue weighted by molar-refractivity contribution is 0.717. The van der Waals surface area contributed by atoms with Crippen molar-refractivity contribution in [2.75, 3.05) is 0 Å². The van der Waals surface area contributed by atoms with Crippen molar-refractivity contribution in [2.45, 2.75) is 76.0 Å². The molecule has 0 nitrogen and oxygen atoms in total. The Morgan fingerprint density at radius 2 is 0.293 bits per heavy atom. The van der Waals surface area contributed by atoms with Gasteiger partial charge in [-0.2, -0.15) is 0 Å². The summed E-state index contributed by atoms with van der Waals surface area (Å²) in [6, 6.07) is 18.0. The summed E-state index contributed by atoms with van der Waals surface area (Å²) in [5, 5.41) is 0. The average Bonchev–Trinajstić information content (AvgIpc) is 4.52. The van der Waals surface area contributed by atoms with Gasteiger partial charge in [0.15, 0.2) is 0 Å².